The maximum Gasteiger partial charge on any atom is 0.225 e. The summed E-state index contributed by atoms with van der Waals surface area (Å²) in [5.41, 5.74) is 1.20. The summed E-state index contributed by atoms with van der Waals surface area (Å²) < 4.78 is 0. The molecule has 4 heteroatoms. The zero-order chi connectivity index (χ0) is 17.5. The number of aromatic nitrogens is 2. The lowest BCUT2D eigenvalue weighted by Crippen LogP contribution is -2.36. The maximum absolute atomic E-state index is 4.53. The number of aryl methyl sites for hydroxylation is 1. The van der Waals surface area contributed by atoms with Crippen LogP contribution < -0.4 is 4.90 Å². The van der Waals surface area contributed by atoms with E-state index < -0.39 is 0 Å². The molecule has 25 heavy (non-hydrogen) atoms. The number of hydrogen-bond donors (Lipinski definition) is 0. The minimum absolute atomic E-state index is 0.549. The van der Waals surface area contributed by atoms with Gasteiger partial charge in [-0.15, -0.1) is 0 Å². The number of likely N-dealkylation sites (tertiary alicyclic amines) is 1. The largest absolute Gasteiger partial charge is 0.341 e. The Morgan fingerprint density at radius 2 is 1.76 bits per heavy atom. The standard InChI is InChI=1S/C21H32N4/c1-3-18-16-22-21(23-17-18)24(2)20-11-9-19(10-12-20)8-7-15-25-13-5-4-6-14-25/h16-17,19-20H,3-6,9-15H2,1-2H3. The number of piperidine rings is 1. The van der Waals surface area contributed by atoms with Gasteiger partial charge in [-0.3, -0.25) is 4.90 Å². The lowest BCUT2D eigenvalue weighted by molar-refractivity contribution is 0.255. The zero-order valence-corrected chi connectivity index (χ0v) is 15.9. The molecular weight excluding hydrogens is 308 g/mol. The third-order valence-corrected chi connectivity index (χ3v) is 5.72. The highest BCUT2D eigenvalue weighted by Crippen LogP contribution is 2.28. The van der Waals surface area contributed by atoms with Crippen LogP contribution in [0.1, 0.15) is 57.4 Å². The average molecular weight is 341 g/mol. The first-order valence-electron chi connectivity index (χ1n) is 10.0. The van der Waals surface area contributed by atoms with Crippen molar-refractivity contribution in [3.8, 4) is 11.8 Å². The maximum atomic E-state index is 4.53. The molecule has 0 radical (unpaired) electrons. The highest BCUT2D eigenvalue weighted by atomic mass is 15.2. The molecule has 3 rings (SSSR count). The van der Waals surface area contributed by atoms with Gasteiger partial charge in [0.05, 0.1) is 6.54 Å². The van der Waals surface area contributed by atoms with Crippen molar-refractivity contribution in [1.29, 1.82) is 0 Å². The second-order valence-corrected chi connectivity index (χ2v) is 7.52. The Balaban J connectivity index is 1.44. The van der Waals surface area contributed by atoms with Gasteiger partial charge in [0.2, 0.25) is 5.95 Å². The first kappa shape index (κ1) is 18.2. The van der Waals surface area contributed by atoms with Crippen LogP contribution in [0.5, 0.6) is 0 Å². The van der Waals surface area contributed by atoms with Crippen molar-refractivity contribution in [3.63, 3.8) is 0 Å². The molecule has 0 N–H and O–H groups in total. The molecule has 0 atom stereocenters. The third kappa shape index (κ3) is 5.19. The van der Waals surface area contributed by atoms with Gasteiger partial charge in [0.15, 0.2) is 0 Å². The Morgan fingerprint density at radius 3 is 2.40 bits per heavy atom. The average Bonchev–Trinajstić information content (AvgIpc) is 2.69. The second kappa shape index (κ2) is 9.20. The Bertz CT molecular complexity index is 572. The highest BCUT2D eigenvalue weighted by Gasteiger charge is 2.24. The molecular formula is C21H32N4. The molecule has 2 aliphatic rings. The van der Waals surface area contributed by atoms with E-state index in [-0.39, 0.29) is 0 Å². The molecule has 1 aromatic heterocycles. The van der Waals surface area contributed by atoms with Crippen molar-refractivity contribution in [1.82, 2.24) is 14.9 Å². The van der Waals surface area contributed by atoms with Crippen LogP contribution in [0, 0.1) is 17.8 Å². The Kier molecular flexibility index (Phi) is 6.69. The molecule has 1 aromatic rings. The van der Waals surface area contributed by atoms with E-state index in [2.05, 4.69) is 45.6 Å². The predicted molar refractivity (Wildman–Crippen MR) is 104 cm³/mol. The van der Waals surface area contributed by atoms with Crippen LogP contribution in [0.4, 0.5) is 5.95 Å². The fraction of sp³-hybridized carbons (Fsp3) is 0.714. The molecule has 0 unspecified atom stereocenters. The smallest absolute Gasteiger partial charge is 0.225 e. The molecule has 2 fully saturated rings. The van der Waals surface area contributed by atoms with E-state index in [4.69, 9.17) is 0 Å². The molecule has 136 valence electrons. The lowest BCUT2D eigenvalue weighted by Gasteiger charge is -2.33. The van der Waals surface area contributed by atoms with Crippen molar-refractivity contribution >= 4 is 5.95 Å². The van der Waals surface area contributed by atoms with E-state index in [0.29, 0.717) is 12.0 Å². The normalized spacial score (nSPS) is 24.4. The summed E-state index contributed by atoms with van der Waals surface area (Å²) in [7, 11) is 2.13. The van der Waals surface area contributed by atoms with Crippen molar-refractivity contribution < 1.29 is 0 Å². The first-order chi connectivity index (χ1) is 12.3. The summed E-state index contributed by atoms with van der Waals surface area (Å²) in [4.78, 5) is 13.8. The van der Waals surface area contributed by atoms with Gasteiger partial charge in [-0.2, -0.15) is 0 Å². The van der Waals surface area contributed by atoms with Crippen LogP contribution in [-0.2, 0) is 6.42 Å². The lowest BCUT2D eigenvalue weighted by atomic mass is 9.86. The highest BCUT2D eigenvalue weighted by molar-refractivity contribution is 5.30. The van der Waals surface area contributed by atoms with E-state index in [1.165, 1.54) is 63.6 Å². The van der Waals surface area contributed by atoms with Gasteiger partial charge >= 0.3 is 0 Å². The van der Waals surface area contributed by atoms with Gasteiger partial charge in [0.1, 0.15) is 0 Å². The molecule has 2 heterocycles. The summed E-state index contributed by atoms with van der Waals surface area (Å²) in [6.45, 7) is 5.58. The fourth-order valence-electron chi connectivity index (χ4n) is 3.90. The Labute approximate surface area is 153 Å². The van der Waals surface area contributed by atoms with Crippen LogP contribution >= 0.6 is 0 Å². The minimum atomic E-state index is 0.549. The third-order valence-electron chi connectivity index (χ3n) is 5.72. The monoisotopic (exact) mass is 340 g/mol. The minimum Gasteiger partial charge on any atom is -0.341 e. The van der Waals surface area contributed by atoms with Crippen molar-refractivity contribution in [3.05, 3.63) is 18.0 Å². The molecule has 1 saturated carbocycles. The summed E-state index contributed by atoms with van der Waals surface area (Å²) in [6.07, 6.45) is 13.8. The van der Waals surface area contributed by atoms with E-state index in [1.807, 2.05) is 12.4 Å². The molecule has 1 saturated heterocycles. The number of anilines is 1. The fourth-order valence-corrected chi connectivity index (χ4v) is 3.90. The van der Waals surface area contributed by atoms with Crippen LogP contribution in [-0.4, -0.2) is 47.6 Å². The molecule has 0 spiro atoms. The van der Waals surface area contributed by atoms with Crippen LogP contribution in [0.2, 0.25) is 0 Å². The molecule has 1 aliphatic heterocycles. The number of hydrogen-bond acceptors (Lipinski definition) is 4. The van der Waals surface area contributed by atoms with E-state index in [1.54, 1.807) is 0 Å². The van der Waals surface area contributed by atoms with Crippen LogP contribution in [0.15, 0.2) is 12.4 Å². The van der Waals surface area contributed by atoms with Gasteiger partial charge in [-0.25, -0.2) is 9.97 Å². The topological polar surface area (TPSA) is 32.3 Å². The molecule has 1 aliphatic carbocycles. The van der Waals surface area contributed by atoms with Gasteiger partial charge in [-0.05, 0) is 63.6 Å². The molecule has 0 bridgehead atoms. The van der Waals surface area contributed by atoms with Crippen LogP contribution in [0.25, 0.3) is 0 Å². The van der Waals surface area contributed by atoms with Gasteiger partial charge in [-0.1, -0.05) is 25.2 Å². The summed E-state index contributed by atoms with van der Waals surface area (Å²) in [5.74, 6) is 8.43. The van der Waals surface area contributed by atoms with Crippen molar-refractivity contribution in [2.75, 3.05) is 31.6 Å². The molecule has 0 aromatic carbocycles. The summed E-state index contributed by atoms with van der Waals surface area (Å²) in [5, 5.41) is 0. The first-order valence-corrected chi connectivity index (χ1v) is 10.0. The van der Waals surface area contributed by atoms with Gasteiger partial charge < -0.3 is 4.90 Å². The zero-order valence-electron chi connectivity index (χ0n) is 15.9. The van der Waals surface area contributed by atoms with E-state index in [0.717, 1.165) is 18.9 Å². The quantitative estimate of drug-likeness (QED) is 0.785. The van der Waals surface area contributed by atoms with E-state index in [9.17, 15) is 0 Å². The SMILES string of the molecule is CCc1cnc(N(C)C2CCC(C#CCN3CCCCC3)CC2)nc1. The van der Waals surface area contributed by atoms with Crippen LogP contribution in [0.3, 0.4) is 0 Å². The predicted octanol–water partition coefficient (Wildman–Crippen LogP) is 3.52. The summed E-state index contributed by atoms with van der Waals surface area (Å²) in [6, 6.07) is 0.549. The van der Waals surface area contributed by atoms with Gasteiger partial charge in [0.25, 0.3) is 0 Å². The second-order valence-electron chi connectivity index (χ2n) is 7.52. The summed E-state index contributed by atoms with van der Waals surface area (Å²) >= 11 is 0. The number of nitrogens with zero attached hydrogens (tertiary/aromatic N) is 4. The van der Waals surface area contributed by atoms with Crippen molar-refractivity contribution in [2.24, 2.45) is 5.92 Å². The Hall–Kier alpha value is -1.60. The van der Waals surface area contributed by atoms with Gasteiger partial charge in [0, 0.05) is 31.4 Å². The van der Waals surface area contributed by atoms with E-state index >= 15 is 0 Å². The van der Waals surface area contributed by atoms with Crippen molar-refractivity contribution in [2.45, 2.75) is 64.3 Å². The Morgan fingerprint density at radius 1 is 1.08 bits per heavy atom. The molecule has 4 nitrogen and oxygen atoms in total. The number of rotatable bonds is 4. The molecule has 0 amide bonds.